The summed E-state index contributed by atoms with van der Waals surface area (Å²) in [6, 6.07) is 0. The van der Waals surface area contributed by atoms with E-state index in [1.165, 1.54) is 12.8 Å². The van der Waals surface area contributed by atoms with Crippen LogP contribution in [0.5, 0.6) is 0 Å². The number of aliphatic imine (C=N–C) groups is 1. The molecule has 0 aromatic rings. The molecular formula is C18H36N4O2. The molecule has 6 nitrogen and oxygen atoms in total. The Bertz CT molecular complexity index is 364. The van der Waals surface area contributed by atoms with Crippen LogP contribution in [0, 0.1) is 5.92 Å². The molecule has 0 aromatic heterocycles. The van der Waals surface area contributed by atoms with Crippen LogP contribution in [0.3, 0.4) is 0 Å². The van der Waals surface area contributed by atoms with E-state index in [-0.39, 0.29) is 0 Å². The van der Waals surface area contributed by atoms with Crippen molar-refractivity contribution in [3.05, 3.63) is 0 Å². The minimum atomic E-state index is 0.346. The molecule has 1 aliphatic carbocycles. The van der Waals surface area contributed by atoms with Gasteiger partial charge in [0.15, 0.2) is 5.96 Å². The van der Waals surface area contributed by atoms with Crippen molar-refractivity contribution in [2.45, 2.75) is 51.7 Å². The summed E-state index contributed by atoms with van der Waals surface area (Å²) >= 11 is 0. The lowest BCUT2D eigenvalue weighted by atomic mass is 10.2. The van der Waals surface area contributed by atoms with Crippen molar-refractivity contribution in [2.24, 2.45) is 10.9 Å². The molecule has 2 fully saturated rings. The molecule has 0 amide bonds. The van der Waals surface area contributed by atoms with Gasteiger partial charge in [0, 0.05) is 53.0 Å². The normalized spacial score (nSPS) is 25.7. The Kier molecular flexibility index (Phi) is 8.84. The highest BCUT2D eigenvalue weighted by Crippen LogP contribution is 2.28. The number of nitrogens with zero attached hydrogens (tertiary/aromatic N) is 2. The second kappa shape index (κ2) is 10.9. The van der Waals surface area contributed by atoms with Crippen LogP contribution in [0.4, 0.5) is 0 Å². The van der Waals surface area contributed by atoms with Crippen LogP contribution < -0.4 is 10.6 Å². The molecular weight excluding hydrogens is 304 g/mol. The molecule has 0 bridgehead atoms. The van der Waals surface area contributed by atoms with Crippen molar-refractivity contribution >= 4 is 5.96 Å². The van der Waals surface area contributed by atoms with E-state index in [1.54, 1.807) is 0 Å². The Labute approximate surface area is 147 Å². The van der Waals surface area contributed by atoms with Crippen molar-refractivity contribution in [2.75, 3.05) is 53.0 Å². The Morgan fingerprint density at radius 3 is 2.42 bits per heavy atom. The van der Waals surface area contributed by atoms with Crippen LogP contribution in [0.15, 0.2) is 4.99 Å². The molecule has 140 valence electrons. The van der Waals surface area contributed by atoms with E-state index in [4.69, 9.17) is 9.47 Å². The summed E-state index contributed by atoms with van der Waals surface area (Å²) in [7, 11) is 1.82. The zero-order valence-electron chi connectivity index (χ0n) is 15.7. The van der Waals surface area contributed by atoms with Gasteiger partial charge in [0.1, 0.15) is 0 Å². The van der Waals surface area contributed by atoms with Crippen LogP contribution in [-0.4, -0.2) is 76.1 Å². The third kappa shape index (κ3) is 8.31. The van der Waals surface area contributed by atoms with Crippen LogP contribution in [0.25, 0.3) is 0 Å². The van der Waals surface area contributed by atoms with Crippen LogP contribution in [0.2, 0.25) is 0 Å². The molecule has 1 heterocycles. The minimum absolute atomic E-state index is 0.346. The number of ether oxygens (including phenoxy) is 2. The molecule has 1 saturated heterocycles. The predicted octanol–water partition coefficient (Wildman–Crippen LogP) is 1.47. The first-order valence-electron chi connectivity index (χ1n) is 9.57. The van der Waals surface area contributed by atoms with Gasteiger partial charge in [-0.1, -0.05) is 0 Å². The molecule has 2 rings (SSSR count). The second-order valence-electron chi connectivity index (χ2n) is 7.17. The lowest BCUT2D eigenvalue weighted by Gasteiger charge is -2.35. The molecule has 0 spiro atoms. The van der Waals surface area contributed by atoms with E-state index in [2.05, 4.69) is 34.4 Å². The van der Waals surface area contributed by atoms with Gasteiger partial charge < -0.3 is 20.1 Å². The zero-order valence-corrected chi connectivity index (χ0v) is 15.7. The van der Waals surface area contributed by atoms with E-state index in [1.807, 2.05) is 7.05 Å². The van der Waals surface area contributed by atoms with Crippen LogP contribution in [0.1, 0.15) is 39.5 Å². The lowest BCUT2D eigenvalue weighted by molar-refractivity contribution is -0.0679. The van der Waals surface area contributed by atoms with Gasteiger partial charge in [-0.05, 0) is 45.4 Å². The molecule has 6 heteroatoms. The Morgan fingerprint density at radius 2 is 1.79 bits per heavy atom. The topological polar surface area (TPSA) is 58.1 Å². The SMILES string of the molecule is CN=C(NCCCOCC1CC1)NCCCN1CC(C)OC(C)C1. The zero-order chi connectivity index (χ0) is 17.2. The number of hydrogen-bond donors (Lipinski definition) is 2. The third-order valence-corrected chi connectivity index (χ3v) is 4.47. The third-order valence-electron chi connectivity index (χ3n) is 4.47. The van der Waals surface area contributed by atoms with Crippen LogP contribution in [-0.2, 0) is 9.47 Å². The monoisotopic (exact) mass is 340 g/mol. The van der Waals surface area contributed by atoms with Gasteiger partial charge in [0.25, 0.3) is 0 Å². The summed E-state index contributed by atoms with van der Waals surface area (Å²) in [5, 5.41) is 6.74. The summed E-state index contributed by atoms with van der Waals surface area (Å²) in [5.74, 6) is 1.74. The van der Waals surface area contributed by atoms with Crippen molar-refractivity contribution in [1.29, 1.82) is 0 Å². The number of morpholine rings is 1. The van der Waals surface area contributed by atoms with Gasteiger partial charge in [-0.25, -0.2) is 0 Å². The minimum Gasteiger partial charge on any atom is -0.381 e. The van der Waals surface area contributed by atoms with E-state index < -0.39 is 0 Å². The predicted molar refractivity (Wildman–Crippen MR) is 98.6 cm³/mol. The maximum atomic E-state index is 5.77. The summed E-state index contributed by atoms with van der Waals surface area (Å²) < 4.78 is 11.4. The highest BCUT2D eigenvalue weighted by atomic mass is 16.5. The second-order valence-corrected chi connectivity index (χ2v) is 7.17. The first-order chi connectivity index (χ1) is 11.7. The number of rotatable bonds is 10. The molecule has 2 N–H and O–H groups in total. The quantitative estimate of drug-likeness (QED) is 0.358. The average Bonchev–Trinajstić information content (AvgIpc) is 3.36. The molecule has 1 saturated carbocycles. The molecule has 2 unspecified atom stereocenters. The fourth-order valence-corrected chi connectivity index (χ4v) is 3.11. The van der Waals surface area contributed by atoms with Gasteiger partial charge >= 0.3 is 0 Å². The van der Waals surface area contributed by atoms with Gasteiger partial charge in [-0.3, -0.25) is 9.89 Å². The summed E-state index contributed by atoms with van der Waals surface area (Å²) in [5.41, 5.74) is 0. The van der Waals surface area contributed by atoms with Crippen molar-refractivity contribution in [1.82, 2.24) is 15.5 Å². The Morgan fingerprint density at radius 1 is 1.12 bits per heavy atom. The van der Waals surface area contributed by atoms with Crippen molar-refractivity contribution in [3.8, 4) is 0 Å². The van der Waals surface area contributed by atoms with Gasteiger partial charge in [0.05, 0.1) is 12.2 Å². The summed E-state index contributed by atoms with van der Waals surface area (Å²) in [6.07, 6.45) is 5.55. The maximum absolute atomic E-state index is 5.77. The molecule has 0 radical (unpaired) electrons. The Balaban J connectivity index is 1.45. The fourth-order valence-electron chi connectivity index (χ4n) is 3.11. The fraction of sp³-hybridized carbons (Fsp3) is 0.944. The largest absolute Gasteiger partial charge is 0.381 e. The average molecular weight is 341 g/mol. The summed E-state index contributed by atoms with van der Waals surface area (Å²) in [4.78, 5) is 6.77. The number of guanidine groups is 1. The lowest BCUT2D eigenvalue weighted by Crippen LogP contribution is -2.46. The van der Waals surface area contributed by atoms with Gasteiger partial charge in [0.2, 0.25) is 0 Å². The first-order valence-corrected chi connectivity index (χ1v) is 9.57. The van der Waals surface area contributed by atoms with E-state index >= 15 is 0 Å². The van der Waals surface area contributed by atoms with E-state index in [0.29, 0.717) is 12.2 Å². The van der Waals surface area contributed by atoms with Crippen LogP contribution >= 0.6 is 0 Å². The Hall–Kier alpha value is -0.850. The van der Waals surface area contributed by atoms with E-state index in [9.17, 15) is 0 Å². The smallest absolute Gasteiger partial charge is 0.190 e. The molecule has 0 aromatic carbocycles. The molecule has 2 aliphatic rings. The standard InChI is InChI=1S/C18H36N4O2/c1-15-12-22(13-16(2)24-15)10-4-8-20-18(19-3)21-9-5-11-23-14-17-6-7-17/h15-17H,4-14H2,1-3H3,(H2,19,20,21). The molecule has 1 aliphatic heterocycles. The summed E-state index contributed by atoms with van der Waals surface area (Å²) in [6.45, 7) is 11.1. The number of hydrogen-bond acceptors (Lipinski definition) is 4. The highest BCUT2D eigenvalue weighted by molar-refractivity contribution is 5.79. The van der Waals surface area contributed by atoms with E-state index in [0.717, 1.165) is 70.7 Å². The highest BCUT2D eigenvalue weighted by Gasteiger charge is 2.21. The van der Waals surface area contributed by atoms with Crippen molar-refractivity contribution in [3.63, 3.8) is 0 Å². The maximum Gasteiger partial charge on any atom is 0.190 e. The number of nitrogens with one attached hydrogen (secondary N) is 2. The first kappa shape index (κ1) is 19.5. The van der Waals surface area contributed by atoms with Gasteiger partial charge in [-0.15, -0.1) is 0 Å². The molecule has 2 atom stereocenters. The van der Waals surface area contributed by atoms with Gasteiger partial charge in [-0.2, -0.15) is 0 Å². The molecule has 24 heavy (non-hydrogen) atoms. The van der Waals surface area contributed by atoms with Crippen molar-refractivity contribution < 1.29 is 9.47 Å².